The molecule has 0 bridgehead atoms. The lowest BCUT2D eigenvalue weighted by molar-refractivity contribution is -0.137. The summed E-state index contributed by atoms with van der Waals surface area (Å²) >= 11 is 0. The summed E-state index contributed by atoms with van der Waals surface area (Å²) < 4.78 is 28.8. The molecule has 0 fully saturated rings. The highest BCUT2D eigenvalue weighted by molar-refractivity contribution is 5.89. The second kappa shape index (κ2) is 6.20. The van der Waals surface area contributed by atoms with Crippen LogP contribution < -0.4 is 0 Å². The first kappa shape index (κ1) is 15.4. The summed E-state index contributed by atoms with van der Waals surface area (Å²) in [6, 6.07) is 10.3. The van der Waals surface area contributed by atoms with Crippen molar-refractivity contribution >= 4 is 16.7 Å². The molecule has 0 heterocycles. The van der Waals surface area contributed by atoms with Crippen LogP contribution in [0, 0.1) is 6.92 Å². The van der Waals surface area contributed by atoms with Crippen LogP contribution in [0.15, 0.2) is 36.4 Å². The number of carbonyl (C=O) groups is 1. The van der Waals surface area contributed by atoms with E-state index in [-0.39, 0.29) is 31.2 Å². The van der Waals surface area contributed by atoms with E-state index in [0.29, 0.717) is 5.39 Å². The first-order chi connectivity index (χ1) is 9.92. The third-order valence-electron chi connectivity index (χ3n) is 3.67. The Labute approximate surface area is 122 Å². The molecule has 0 aliphatic carbocycles. The molecule has 0 saturated heterocycles. The van der Waals surface area contributed by atoms with Crippen molar-refractivity contribution in [3.63, 3.8) is 0 Å². The summed E-state index contributed by atoms with van der Waals surface area (Å²) in [5.74, 6) is -3.88. The van der Waals surface area contributed by atoms with E-state index in [1.165, 1.54) is 6.07 Å². The van der Waals surface area contributed by atoms with Gasteiger partial charge in [-0.25, -0.2) is 8.78 Å². The molecular weight excluding hydrogens is 274 g/mol. The van der Waals surface area contributed by atoms with Gasteiger partial charge in [0.15, 0.2) is 0 Å². The second-order valence-electron chi connectivity index (χ2n) is 5.28. The summed E-state index contributed by atoms with van der Waals surface area (Å²) in [5.41, 5.74) is 0.995. The van der Waals surface area contributed by atoms with Crippen molar-refractivity contribution < 1.29 is 18.7 Å². The number of halogens is 2. The molecule has 0 aliphatic rings. The smallest absolute Gasteiger partial charge is 0.303 e. The molecule has 112 valence electrons. The Morgan fingerprint density at radius 3 is 2.43 bits per heavy atom. The molecule has 0 atom stereocenters. The van der Waals surface area contributed by atoms with E-state index in [4.69, 9.17) is 5.11 Å². The lowest BCUT2D eigenvalue weighted by Crippen LogP contribution is -2.14. The van der Waals surface area contributed by atoms with E-state index in [2.05, 4.69) is 0 Å². The molecule has 0 unspecified atom stereocenters. The largest absolute Gasteiger partial charge is 0.481 e. The van der Waals surface area contributed by atoms with E-state index in [0.717, 1.165) is 10.9 Å². The van der Waals surface area contributed by atoms with Crippen LogP contribution in [-0.2, 0) is 10.7 Å². The van der Waals surface area contributed by atoms with E-state index in [9.17, 15) is 13.6 Å². The molecule has 0 amide bonds. The van der Waals surface area contributed by atoms with Crippen LogP contribution in [-0.4, -0.2) is 11.1 Å². The van der Waals surface area contributed by atoms with Crippen molar-refractivity contribution in [2.45, 2.75) is 38.5 Å². The predicted molar refractivity (Wildman–Crippen MR) is 78.7 cm³/mol. The Balaban J connectivity index is 2.23. The number of hydrogen-bond donors (Lipinski definition) is 1. The number of hydrogen-bond acceptors (Lipinski definition) is 1. The van der Waals surface area contributed by atoms with Crippen LogP contribution in [0.5, 0.6) is 0 Å². The molecule has 4 heteroatoms. The number of alkyl halides is 2. The molecular formula is C17H18F2O2. The van der Waals surface area contributed by atoms with Crippen molar-refractivity contribution in [1.82, 2.24) is 0 Å². The normalized spacial score (nSPS) is 11.8. The fourth-order valence-corrected chi connectivity index (χ4v) is 2.53. The fraction of sp³-hybridized carbons (Fsp3) is 0.353. The average Bonchev–Trinajstić information content (AvgIpc) is 2.44. The van der Waals surface area contributed by atoms with Crippen molar-refractivity contribution in [3.05, 3.63) is 47.5 Å². The van der Waals surface area contributed by atoms with Crippen LogP contribution in [0.25, 0.3) is 10.8 Å². The lowest BCUT2D eigenvalue weighted by Gasteiger charge is -2.19. The Bertz CT molecular complexity index is 650. The molecule has 0 aliphatic heterocycles. The maximum absolute atomic E-state index is 14.4. The number of fused-ring (bicyclic) bond motifs is 1. The van der Waals surface area contributed by atoms with Gasteiger partial charge in [-0.1, -0.05) is 36.4 Å². The van der Waals surface area contributed by atoms with E-state index in [1.807, 2.05) is 19.1 Å². The Morgan fingerprint density at radius 2 is 1.76 bits per heavy atom. The standard InChI is InChI=1S/C17H18F2O2/c1-12-9-10-15(14-7-3-2-6-13(12)14)17(18,19)11-5-4-8-16(20)21/h2-3,6-7,9-10H,4-5,8,11H2,1H3,(H,20,21). The quantitative estimate of drug-likeness (QED) is 0.770. The maximum Gasteiger partial charge on any atom is 0.303 e. The minimum atomic E-state index is -2.94. The zero-order chi connectivity index (χ0) is 15.5. The maximum atomic E-state index is 14.4. The minimum Gasteiger partial charge on any atom is -0.481 e. The number of rotatable bonds is 6. The third-order valence-corrected chi connectivity index (χ3v) is 3.67. The lowest BCUT2D eigenvalue weighted by atomic mass is 9.94. The first-order valence-corrected chi connectivity index (χ1v) is 7.00. The Hall–Kier alpha value is -1.97. The first-order valence-electron chi connectivity index (χ1n) is 7.00. The van der Waals surface area contributed by atoms with Crippen LogP contribution >= 0.6 is 0 Å². The van der Waals surface area contributed by atoms with E-state index < -0.39 is 11.9 Å². The molecule has 0 saturated carbocycles. The van der Waals surface area contributed by atoms with Gasteiger partial charge in [0.05, 0.1) is 0 Å². The molecule has 2 aromatic rings. The van der Waals surface area contributed by atoms with Gasteiger partial charge in [0.25, 0.3) is 5.92 Å². The summed E-state index contributed by atoms with van der Waals surface area (Å²) in [6.07, 6.45) is 0.0777. The molecule has 0 spiro atoms. The topological polar surface area (TPSA) is 37.3 Å². The molecule has 2 aromatic carbocycles. The van der Waals surface area contributed by atoms with Gasteiger partial charge in [-0.2, -0.15) is 0 Å². The average molecular weight is 292 g/mol. The van der Waals surface area contributed by atoms with Gasteiger partial charge in [0, 0.05) is 18.4 Å². The number of carboxylic acids is 1. The zero-order valence-corrected chi connectivity index (χ0v) is 11.9. The van der Waals surface area contributed by atoms with Gasteiger partial charge < -0.3 is 5.11 Å². The van der Waals surface area contributed by atoms with E-state index in [1.54, 1.807) is 18.2 Å². The number of carboxylic acid groups (broad SMARTS) is 1. The van der Waals surface area contributed by atoms with Gasteiger partial charge in [0.1, 0.15) is 0 Å². The molecule has 21 heavy (non-hydrogen) atoms. The monoisotopic (exact) mass is 292 g/mol. The number of aliphatic carboxylic acids is 1. The number of unbranched alkanes of at least 4 members (excludes halogenated alkanes) is 1. The van der Waals surface area contributed by atoms with Crippen molar-refractivity contribution in [3.8, 4) is 0 Å². The second-order valence-corrected chi connectivity index (χ2v) is 5.28. The fourth-order valence-electron chi connectivity index (χ4n) is 2.53. The highest BCUT2D eigenvalue weighted by Crippen LogP contribution is 2.38. The van der Waals surface area contributed by atoms with Crippen LogP contribution in [0.3, 0.4) is 0 Å². The summed E-state index contributed by atoms with van der Waals surface area (Å²) in [4.78, 5) is 10.4. The predicted octanol–water partition coefficient (Wildman–Crippen LogP) is 4.89. The summed E-state index contributed by atoms with van der Waals surface area (Å²) in [5, 5.41) is 9.95. The zero-order valence-electron chi connectivity index (χ0n) is 11.9. The number of benzene rings is 2. The highest BCUT2D eigenvalue weighted by atomic mass is 19.3. The Kier molecular flexibility index (Phi) is 4.56. The minimum absolute atomic E-state index is 0.0269. The highest BCUT2D eigenvalue weighted by Gasteiger charge is 2.32. The molecule has 2 nitrogen and oxygen atoms in total. The van der Waals surface area contributed by atoms with Gasteiger partial charge in [0.2, 0.25) is 0 Å². The van der Waals surface area contributed by atoms with Crippen LogP contribution in [0.4, 0.5) is 8.78 Å². The van der Waals surface area contributed by atoms with Gasteiger partial charge in [-0.15, -0.1) is 0 Å². The Morgan fingerprint density at radius 1 is 1.10 bits per heavy atom. The molecule has 2 rings (SSSR count). The van der Waals surface area contributed by atoms with E-state index >= 15 is 0 Å². The molecule has 0 radical (unpaired) electrons. The third kappa shape index (κ3) is 3.57. The molecule has 1 N–H and O–H groups in total. The number of aryl methyl sites for hydroxylation is 1. The van der Waals surface area contributed by atoms with Gasteiger partial charge in [-0.05, 0) is 36.1 Å². The molecule has 0 aromatic heterocycles. The van der Waals surface area contributed by atoms with Crippen molar-refractivity contribution in [2.24, 2.45) is 0 Å². The van der Waals surface area contributed by atoms with Crippen LogP contribution in [0.2, 0.25) is 0 Å². The summed E-state index contributed by atoms with van der Waals surface area (Å²) in [7, 11) is 0. The SMILES string of the molecule is Cc1ccc(C(F)(F)CCCCC(=O)O)c2ccccc12. The van der Waals surface area contributed by atoms with Crippen molar-refractivity contribution in [1.29, 1.82) is 0 Å². The van der Waals surface area contributed by atoms with Crippen molar-refractivity contribution in [2.75, 3.05) is 0 Å². The van der Waals surface area contributed by atoms with Gasteiger partial charge in [-0.3, -0.25) is 4.79 Å². The summed E-state index contributed by atoms with van der Waals surface area (Å²) in [6.45, 7) is 1.90. The van der Waals surface area contributed by atoms with Gasteiger partial charge >= 0.3 is 5.97 Å². The van der Waals surface area contributed by atoms with Crippen LogP contribution in [0.1, 0.15) is 36.8 Å².